The number of benzene rings is 3. The second-order valence-electron chi connectivity index (χ2n) is 9.65. The van der Waals surface area contributed by atoms with Gasteiger partial charge in [0.05, 0.1) is 33.3 Å². The van der Waals surface area contributed by atoms with Crippen LogP contribution in [0.5, 0.6) is 0 Å². The lowest BCUT2D eigenvalue weighted by molar-refractivity contribution is -0.137. The van der Waals surface area contributed by atoms with Gasteiger partial charge in [0.15, 0.2) is 0 Å². The number of aliphatic hydroxyl groups is 1. The number of anilines is 5. The van der Waals surface area contributed by atoms with Crippen molar-refractivity contribution in [2.24, 2.45) is 0 Å². The molecule has 232 valence electrons. The van der Waals surface area contributed by atoms with Gasteiger partial charge in [0.2, 0.25) is 5.95 Å². The molecule has 1 heterocycles. The van der Waals surface area contributed by atoms with Crippen LogP contribution in [-0.2, 0) is 15.9 Å². The molecule has 2 atom stereocenters. The van der Waals surface area contributed by atoms with Crippen molar-refractivity contribution in [3.63, 3.8) is 0 Å². The number of nitrogens with one attached hydrogen (secondary N) is 5. The molecule has 10 nitrogen and oxygen atoms in total. The van der Waals surface area contributed by atoms with E-state index in [1.54, 1.807) is 25.1 Å². The third-order valence-electron chi connectivity index (χ3n) is 6.06. The number of aromatic nitrogens is 2. The number of rotatable bonds is 9. The number of hydrogen-bond acceptors (Lipinski definition) is 8. The Kier molecular flexibility index (Phi) is 9.34. The molecular weight excluding hydrogens is 609 g/mol. The van der Waals surface area contributed by atoms with E-state index >= 15 is 4.39 Å². The monoisotopic (exact) mass is 635 g/mol. The normalized spacial score (nSPS) is 13.5. The average Bonchev–Trinajstić information content (AvgIpc) is 2.94. The van der Waals surface area contributed by atoms with E-state index in [1.807, 2.05) is 5.32 Å². The fourth-order valence-corrected chi connectivity index (χ4v) is 4.54. The standard InChI is InChI=1S/C28H26F5N7O3S/c1-15(14-41)36-25-20(13-35-26(40-25)37-18-4-3-5-19(12-18)44(2,34)43)16-6-9-23(22(30)10-16)38-27(42)39-24-11-17(28(31,32)33)7-8-21(24)29/h3-13,15,34,41H,14H2,1-2H3,(H2,38,39,42)(H2,35,36,37,40). The summed E-state index contributed by atoms with van der Waals surface area (Å²) in [5, 5.41) is 19.6. The van der Waals surface area contributed by atoms with Crippen LogP contribution in [0.25, 0.3) is 11.1 Å². The van der Waals surface area contributed by atoms with Crippen molar-refractivity contribution in [1.29, 1.82) is 4.78 Å². The Morgan fingerprint density at radius 3 is 2.41 bits per heavy atom. The van der Waals surface area contributed by atoms with E-state index < -0.39 is 50.9 Å². The highest BCUT2D eigenvalue weighted by Crippen LogP contribution is 2.33. The first-order chi connectivity index (χ1) is 20.6. The largest absolute Gasteiger partial charge is 0.416 e. The molecule has 0 bridgehead atoms. The zero-order chi connectivity index (χ0) is 32.2. The van der Waals surface area contributed by atoms with E-state index in [1.165, 1.54) is 30.7 Å². The molecule has 4 rings (SSSR count). The number of urea groups is 1. The molecule has 0 saturated heterocycles. The number of carbonyl (C=O) groups excluding carboxylic acids is 1. The lowest BCUT2D eigenvalue weighted by Crippen LogP contribution is -2.21. The van der Waals surface area contributed by atoms with E-state index in [4.69, 9.17) is 4.78 Å². The fourth-order valence-electron chi connectivity index (χ4n) is 3.84. The minimum Gasteiger partial charge on any atom is -0.394 e. The van der Waals surface area contributed by atoms with Crippen LogP contribution in [0.1, 0.15) is 12.5 Å². The molecule has 0 fully saturated rings. The summed E-state index contributed by atoms with van der Waals surface area (Å²) in [5.41, 5.74) is -1.24. The van der Waals surface area contributed by atoms with Gasteiger partial charge >= 0.3 is 12.2 Å². The molecule has 0 radical (unpaired) electrons. The van der Waals surface area contributed by atoms with Crippen molar-refractivity contribution in [2.45, 2.75) is 24.0 Å². The van der Waals surface area contributed by atoms with Crippen LogP contribution in [0.4, 0.5) is 55.6 Å². The topological polar surface area (TPSA) is 152 Å². The van der Waals surface area contributed by atoms with E-state index in [0.717, 1.165) is 6.07 Å². The van der Waals surface area contributed by atoms with E-state index in [2.05, 4.69) is 25.9 Å². The number of aliphatic hydroxyl groups excluding tert-OH is 1. The second kappa shape index (κ2) is 12.8. The minimum atomic E-state index is -4.77. The predicted octanol–water partition coefficient (Wildman–Crippen LogP) is 6.66. The third-order valence-corrected chi connectivity index (χ3v) is 7.21. The van der Waals surface area contributed by atoms with Gasteiger partial charge in [0.1, 0.15) is 17.5 Å². The zero-order valence-corrected chi connectivity index (χ0v) is 23.9. The summed E-state index contributed by atoms with van der Waals surface area (Å²) in [6.45, 7) is 1.41. The Morgan fingerprint density at radius 1 is 1.02 bits per heavy atom. The first-order valence-electron chi connectivity index (χ1n) is 12.7. The highest BCUT2D eigenvalue weighted by Gasteiger charge is 2.31. The second-order valence-corrected chi connectivity index (χ2v) is 11.8. The molecule has 16 heteroatoms. The van der Waals surface area contributed by atoms with Gasteiger partial charge in [-0.05, 0) is 61.0 Å². The van der Waals surface area contributed by atoms with Crippen molar-refractivity contribution in [1.82, 2.24) is 9.97 Å². The average molecular weight is 636 g/mol. The lowest BCUT2D eigenvalue weighted by atomic mass is 10.1. The van der Waals surface area contributed by atoms with Crippen molar-refractivity contribution in [3.8, 4) is 11.1 Å². The van der Waals surface area contributed by atoms with Crippen LogP contribution >= 0.6 is 0 Å². The van der Waals surface area contributed by atoms with Gasteiger partial charge in [-0.2, -0.15) is 18.2 Å². The van der Waals surface area contributed by atoms with Gasteiger partial charge in [0.25, 0.3) is 0 Å². The summed E-state index contributed by atoms with van der Waals surface area (Å²) >= 11 is 0. The maximum atomic E-state index is 15.1. The van der Waals surface area contributed by atoms with Gasteiger partial charge in [-0.15, -0.1) is 0 Å². The maximum absolute atomic E-state index is 15.1. The Labute approximate surface area is 248 Å². The summed E-state index contributed by atoms with van der Waals surface area (Å²) in [7, 11) is -2.97. The molecule has 0 aliphatic rings. The van der Waals surface area contributed by atoms with Crippen molar-refractivity contribution >= 4 is 44.6 Å². The third kappa shape index (κ3) is 7.96. The molecule has 2 unspecified atom stereocenters. The van der Waals surface area contributed by atoms with Crippen LogP contribution in [-0.4, -0.2) is 44.2 Å². The molecular formula is C28H26F5N7O3S. The van der Waals surface area contributed by atoms with E-state index in [0.29, 0.717) is 34.3 Å². The predicted molar refractivity (Wildman–Crippen MR) is 156 cm³/mol. The molecule has 0 spiro atoms. The van der Waals surface area contributed by atoms with Gasteiger partial charge in [-0.3, -0.25) is 0 Å². The van der Waals surface area contributed by atoms with E-state index in [-0.39, 0.29) is 29.6 Å². The number of nitrogens with zero attached hydrogens (tertiary/aromatic N) is 2. The lowest BCUT2D eigenvalue weighted by Gasteiger charge is -2.17. The molecule has 6 N–H and O–H groups in total. The maximum Gasteiger partial charge on any atom is 0.416 e. The van der Waals surface area contributed by atoms with Gasteiger partial charge < -0.3 is 26.4 Å². The highest BCUT2D eigenvalue weighted by atomic mass is 32.2. The van der Waals surface area contributed by atoms with E-state index in [9.17, 15) is 31.7 Å². The Balaban J connectivity index is 1.57. The van der Waals surface area contributed by atoms with Crippen LogP contribution in [0.15, 0.2) is 71.8 Å². The minimum absolute atomic E-state index is 0.100. The molecule has 3 aromatic carbocycles. The van der Waals surface area contributed by atoms with Crippen LogP contribution in [0.3, 0.4) is 0 Å². The summed E-state index contributed by atoms with van der Waals surface area (Å²) in [5.74, 6) is -1.74. The number of carbonyl (C=O) groups is 1. The number of amides is 2. The zero-order valence-electron chi connectivity index (χ0n) is 23.1. The highest BCUT2D eigenvalue weighted by molar-refractivity contribution is 7.91. The Bertz CT molecular complexity index is 1800. The first kappa shape index (κ1) is 32.1. The van der Waals surface area contributed by atoms with Gasteiger partial charge in [-0.25, -0.2) is 27.5 Å². The summed E-state index contributed by atoms with van der Waals surface area (Å²) in [4.78, 5) is 21.3. The summed E-state index contributed by atoms with van der Waals surface area (Å²) < 4.78 is 87.9. The molecule has 1 aromatic heterocycles. The molecule has 0 aliphatic carbocycles. The SMILES string of the molecule is CC(CO)Nc1nc(Nc2cccc(S(C)(=N)=O)c2)ncc1-c1ccc(NC(=O)Nc2cc(C(F)(F)F)ccc2F)c(F)c1. The molecule has 2 amide bonds. The number of alkyl halides is 3. The Hall–Kier alpha value is -4.83. The van der Waals surface area contributed by atoms with Crippen LogP contribution < -0.4 is 21.3 Å². The smallest absolute Gasteiger partial charge is 0.394 e. The van der Waals surface area contributed by atoms with Gasteiger partial charge in [-0.1, -0.05) is 12.1 Å². The summed E-state index contributed by atoms with van der Waals surface area (Å²) in [6, 6.07) is 9.85. The first-order valence-corrected chi connectivity index (χ1v) is 14.7. The molecule has 44 heavy (non-hydrogen) atoms. The van der Waals surface area contributed by atoms with Gasteiger partial charge in [0, 0.05) is 34.6 Å². The quantitative estimate of drug-likeness (QED) is 0.113. The van der Waals surface area contributed by atoms with Crippen LogP contribution in [0, 0.1) is 16.4 Å². The molecule has 4 aromatic rings. The fraction of sp³-hybridized carbons (Fsp3) is 0.179. The van der Waals surface area contributed by atoms with Crippen molar-refractivity contribution < 1.29 is 36.1 Å². The van der Waals surface area contributed by atoms with Crippen LogP contribution in [0.2, 0.25) is 0 Å². The number of halogens is 5. The van der Waals surface area contributed by atoms with Crippen molar-refractivity contribution in [3.05, 3.63) is 84.1 Å². The Morgan fingerprint density at radius 2 is 1.75 bits per heavy atom. The molecule has 0 saturated carbocycles. The van der Waals surface area contributed by atoms with Crippen molar-refractivity contribution in [2.75, 3.05) is 34.1 Å². The summed E-state index contributed by atoms with van der Waals surface area (Å²) in [6.07, 6.45) is -2.10. The number of hydrogen-bond donors (Lipinski definition) is 6. The molecule has 0 aliphatic heterocycles.